The maximum absolute atomic E-state index is 12.5. The Balaban J connectivity index is 1.61. The van der Waals surface area contributed by atoms with Crippen molar-refractivity contribution < 1.29 is 23.8 Å². The third kappa shape index (κ3) is 7.47. The maximum Gasteiger partial charge on any atom is 0.345 e. The monoisotopic (exact) mass is 514 g/mol. The number of nitrogens with zero attached hydrogens (tertiary/aromatic N) is 1. The van der Waals surface area contributed by atoms with Crippen molar-refractivity contribution in [1.29, 1.82) is 0 Å². The number of ether oxygens (including phenoxy) is 3. The fraction of sp³-hybridized carbons (Fsp3) is 0.192. The minimum atomic E-state index is -0.652. The van der Waals surface area contributed by atoms with E-state index in [0.29, 0.717) is 34.3 Å². The van der Waals surface area contributed by atoms with Crippen LogP contribution >= 0.6 is 23.2 Å². The number of methoxy groups -OCH3 is 1. The Morgan fingerprint density at radius 1 is 1.00 bits per heavy atom. The van der Waals surface area contributed by atoms with E-state index in [1.165, 1.54) is 25.5 Å². The first kappa shape index (κ1) is 26.1. The molecular weight excluding hydrogens is 491 g/mol. The van der Waals surface area contributed by atoms with Crippen LogP contribution in [0, 0.1) is 0 Å². The van der Waals surface area contributed by atoms with E-state index in [0.717, 1.165) is 12.8 Å². The summed E-state index contributed by atoms with van der Waals surface area (Å²) in [6.07, 6.45) is 3.47. The first-order valence-corrected chi connectivity index (χ1v) is 11.6. The van der Waals surface area contributed by atoms with Gasteiger partial charge in [0.05, 0.1) is 30.5 Å². The van der Waals surface area contributed by atoms with Crippen LogP contribution < -0.4 is 19.6 Å². The molecule has 7 nitrogen and oxygen atoms in total. The molecule has 0 saturated carbocycles. The fourth-order valence-corrected chi connectivity index (χ4v) is 3.41. The van der Waals surface area contributed by atoms with E-state index in [9.17, 15) is 9.59 Å². The summed E-state index contributed by atoms with van der Waals surface area (Å²) in [6, 6.07) is 16.2. The SMILES string of the molecule is CCCCOc1ccc(C(=O)N/N=C\c2ccc(OC(=O)c3ccc(Cl)cc3Cl)c(OC)c2)cc1. The average molecular weight is 515 g/mol. The summed E-state index contributed by atoms with van der Waals surface area (Å²) in [5.41, 5.74) is 3.71. The van der Waals surface area contributed by atoms with Crippen LogP contribution in [0.3, 0.4) is 0 Å². The minimum Gasteiger partial charge on any atom is -0.494 e. The van der Waals surface area contributed by atoms with Crippen molar-refractivity contribution in [2.24, 2.45) is 5.10 Å². The summed E-state index contributed by atoms with van der Waals surface area (Å²) in [6.45, 7) is 2.73. The normalized spacial score (nSPS) is 10.7. The van der Waals surface area contributed by atoms with Crippen LogP contribution in [0.2, 0.25) is 10.0 Å². The minimum absolute atomic E-state index is 0.173. The number of halogens is 2. The number of hydrazone groups is 1. The van der Waals surface area contributed by atoms with Crippen LogP contribution in [0.25, 0.3) is 0 Å². The highest BCUT2D eigenvalue weighted by atomic mass is 35.5. The van der Waals surface area contributed by atoms with Crippen LogP contribution in [0.4, 0.5) is 0 Å². The van der Waals surface area contributed by atoms with E-state index in [-0.39, 0.29) is 22.2 Å². The molecule has 0 aliphatic heterocycles. The smallest absolute Gasteiger partial charge is 0.345 e. The molecule has 0 spiro atoms. The molecule has 3 rings (SSSR count). The molecule has 3 aromatic rings. The molecular formula is C26H24Cl2N2O5. The Hall–Kier alpha value is -3.55. The molecule has 1 amide bonds. The summed E-state index contributed by atoms with van der Waals surface area (Å²) in [4.78, 5) is 24.8. The molecule has 35 heavy (non-hydrogen) atoms. The van der Waals surface area contributed by atoms with Gasteiger partial charge in [-0.05, 0) is 72.6 Å². The quantitative estimate of drug-likeness (QED) is 0.115. The van der Waals surface area contributed by atoms with Crippen LogP contribution in [0.15, 0.2) is 65.8 Å². The highest BCUT2D eigenvalue weighted by Gasteiger charge is 2.16. The number of unbranched alkanes of at least 4 members (excludes halogenated alkanes) is 1. The molecule has 182 valence electrons. The highest BCUT2D eigenvalue weighted by Crippen LogP contribution is 2.30. The molecule has 0 aliphatic rings. The third-order valence-corrected chi connectivity index (χ3v) is 5.35. The van der Waals surface area contributed by atoms with Crippen molar-refractivity contribution in [2.45, 2.75) is 19.8 Å². The second kappa shape index (κ2) is 12.8. The molecule has 0 saturated heterocycles. The van der Waals surface area contributed by atoms with Gasteiger partial charge in [0.15, 0.2) is 11.5 Å². The first-order chi connectivity index (χ1) is 16.9. The summed E-state index contributed by atoms with van der Waals surface area (Å²) in [5.74, 6) is 0.201. The van der Waals surface area contributed by atoms with Gasteiger partial charge < -0.3 is 14.2 Å². The van der Waals surface area contributed by atoms with Gasteiger partial charge in [-0.3, -0.25) is 4.79 Å². The first-order valence-electron chi connectivity index (χ1n) is 10.8. The highest BCUT2D eigenvalue weighted by molar-refractivity contribution is 6.36. The summed E-state index contributed by atoms with van der Waals surface area (Å²) in [5, 5.41) is 4.58. The Labute approximate surface area is 213 Å². The van der Waals surface area contributed by atoms with Crippen molar-refractivity contribution in [3.63, 3.8) is 0 Å². The molecule has 1 N–H and O–H groups in total. The topological polar surface area (TPSA) is 86.2 Å². The van der Waals surface area contributed by atoms with Gasteiger partial charge in [-0.2, -0.15) is 5.10 Å². The maximum atomic E-state index is 12.5. The van der Waals surface area contributed by atoms with Gasteiger partial charge in [0, 0.05) is 10.6 Å². The number of carbonyl (C=O) groups is 2. The fourth-order valence-electron chi connectivity index (χ4n) is 2.93. The number of rotatable bonds is 10. The molecule has 0 atom stereocenters. The van der Waals surface area contributed by atoms with Crippen LogP contribution in [-0.4, -0.2) is 31.8 Å². The van der Waals surface area contributed by atoms with Crippen molar-refractivity contribution in [3.05, 3.63) is 87.4 Å². The van der Waals surface area contributed by atoms with Gasteiger partial charge in [-0.1, -0.05) is 36.5 Å². The lowest BCUT2D eigenvalue weighted by Gasteiger charge is -2.10. The predicted molar refractivity (Wildman–Crippen MR) is 136 cm³/mol. The van der Waals surface area contributed by atoms with Gasteiger partial charge in [0.2, 0.25) is 0 Å². The Morgan fingerprint density at radius 3 is 2.46 bits per heavy atom. The number of nitrogens with one attached hydrogen (secondary N) is 1. The van der Waals surface area contributed by atoms with E-state index in [4.69, 9.17) is 37.4 Å². The largest absolute Gasteiger partial charge is 0.494 e. The molecule has 0 radical (unpaired) electrons. The number of hydrogen-bond donors (Lipinski definition) is 1. The lowest BCUT2D eigenvalue weighted by atomic mass is 10.2. The van der Waals surface area contributed by atoms with Crippen molar-refractivity contribution in [1.82, 2.24) is 5.43 Å². The Morgan fingerprint density at radius 2 is 1.77 bits per heavy atom. The predicted octanol–water partition coefficient (Wildman–Crippen LogP) is 6.16. The molecule has 0 bridgehead atoms. The van der Waals surface area contributed by atoms with Gasteiger partial charge >= 0.3 is 5.97 Å². The zero-order valence-corrected chi connectivity index (χ0v) is 20.7. The van der Waals surface area contributed by atoms with E-state index < -0.39 is 5.97 Å². The van der Waals surface area contributed by atoms with E-state index in [2.05, 4.69) is 17.5 Å². The van der Waals surface area contributed by atoms with Crippen LogP contribution in [0.1, 0.15) is 46.0 Å². The Kier molecular flexibility index (Phi) is 9.52. The van der Waals surface area contributed by atoms with Gasteiger partial charge in [0.25, 0.3) is 5.91 Å². The number of carbonyl (C=O) groups excluding carboxylic acids is 2. The number of amides is 1. The summed E-state index contributed by atoms with van der Waals surface area (Å²) in [7, 11) is 1.44. The number of esters is 1. The lowest BCUT2D eigenvalue weighted by molar-refractivity contribution is 0.0729. The van der Waals surface area contributed by atoms with Crippen molar-refractivity contribution in [2.75, 3.05) is 13.7 Å². The van der Waals surface area contributed by atoms with Gasteiger partial charge in [0.1, 0.15) is 5.75 Å². The Bertz CT molecular complexity index is 1210. The molecule has 3 aromatic carbocycles. The van der Waals surface area contributed by atoms with Gasteiger partial charge in [-0.15, -0.1) is 0 Å². The lowest BCUT2D eigenvalue weighted by Crippen LogP contribution is -2.17. The summed E-state index contributed by atoms with van der Waals surface area (Å²) < 4.78 is 16.3. The zero-order valence-electron chi connectivity index (χ0n) is 19.2. The second-order valence-electron chi connectivity index (χ2n) is 7.35. The van der Waals surface area contributed by atoms with Crippen molar-refractivity contribution >= 4 is 41.3 Å². The van der Waals surface area contributed by atoms with E-state index in [1.54, 1.807) is 48.5 Å². The average Bonchev–Trinajstić information content (AvgIpc) is 2.85. The van der Waals surface area contributed by atoms with Crippen molar-refractivity contribution in [3.8, 4) is 17.2 Å². The second-order valence-corrected chi connectivity index (χ2v) is 8.19. The van der Waals surface area contributed by atoms with Crippen LogP contribution in [-0.2, 0) is 0 Å². The molecule has 0 fully saturated rings. The van der Waals surface area contributed by atoms with E-state index >= 15 is 0 Å². The number of hydrogen-bond acceptors (Lipinski definition) is 6. The van der Waals surface area contributed by atoms with E-state index in [1.807, 2.05) is 0 Å². The standard InChI is InChI=1S/C26H24Cl2N2O5/c1-3-4-13-34-20-9-6-18(7-10-20)25(31)30-29-16-17-5-12-23(24(14-17)33-2)35-26(32)21-11-8-19(27)15-22(21)28/h5-12,14-16H,3-4,13H2,1-2H3,(H,30,31)/b29-16-. The molecule has 9 heteroatoms. The molecule has 0 aromatic heterocycles. The molecule has 0 heterocycles. The molecule has 0 aliphatic carbocycles. The summed E-state index contributed by atoms with van der Waals surface area (Å²) >= 11 is 11.9. The van der Waals surface area contributed by atoms with Gasteiger partial charge in [-0.25, -0.2) is 10.2 Å². The van der Waals surface area contributed by atoms with Crippen LogP contribution in [0.5, 0.6) is 17.2 Å². The zero-order chi connectivity index (χ0) is 25.2. The number of benzene rings is 3. The molecule has 0 unspecified atom stereocenters. The third-order valence-electron chi connectivity index (χ3n) is 4.80.